The van der Waals surface area contributed by atoms with Crippen molar-refractivity contribution < 1.29 is 4.74 Å². The first-order chi connectivity index (χ1) is 8.88. The molecule has 0 radical (unpaired) electrons. The van der Waals surface area contributed by atoms with Gasteiger partial charge in [-0.2, -0.15) is 0 Å². The molecule has 0 spiro atoms. The second kappa shape index (κ2) is 7.07. The van der Waals surface area contributed by atoms with Gasteiger partial charge < -0.3 is 4.74 Å². The predicted octanol–water partition coefficient (Wildman–Crippen LogP) is 4.16. The fourth-order valence-electron chi connectivity index (χ4n) is 1.49. The van der Waals surface area contributed by atoms with E-state index in [-0.39, 0.29) is 0 Å². The van der Waals surface area contributed by atoms with Crippen LogP contribution in [0, 0.1) is 0 Å². The molecule has 0 saturated heterocycles. The van der Waals surface area contributed by atoms with Crippen LogP contribution in [0.25, 0.3) is 0 Å². The summed E-state index contributed by atoms with van der Waals surface area (Å²) in [6.45, 7) is 2.76. The molecule has 1 aromatic heterocycles. The molecule has 2 nitrogen and oxygen atoms in total. The third kappa shape index (κ3) is 4.08. The van der Waals surface area contributed by atoms with Crippen LogP contribution >= 0.6 is 11.8 Å². The Hall–Kier alpha value is -1.48. The third-order valence-electron chi connectivity index (χ3n) is 2.41. The zero-order valence-electron chi connectivity index (χ0n) is 10.5. The molecule has 0 fully saturated rings. The van der Waals surface area contributed by atoms with Crippen LogP contribution in [0.3, 0.4) is 0 Å². The van der Waals surface area contributed by atoms with E-state index in [4.69, 9.17) is 4.74 Å². The molecule has 2 rings (SSSR count). The Balaban J connectivity index is 1.86. The number of hydrogen-bond acceptors (Lipinski definition) is 3. The highest BCUT2D eigenvalue weighted by molar-refractivity contribution is 7.99. The van der Waals surface area contributed by atoms with Crippen LogP contribution in [0.1, 0.15) is 18.9 Å². The standard InChI is InChI=1S/C15H17NOS/c1-2-10-18-15-9-8-14(11-16-15)17-12-13-6-4-3-5-7-13/h3-9,11H,2,10,12H2,1H3. The minimum absolute atomic E-state index is 0.587. The summed E-state index contributed by atoms with van der Waals surface area (Å²) < 4.78 is 5.68. The summed E-state index contributed by atoms with van der Waals surface area (Å²) in [6, 6.07) is 14.1. The lowest BCUT2D eigenvalue weighted by Crippen LogP contribution is -1.95. The van der Waals surface area contributed by atoms with Crippen molar-refractivity contribution in [2.24, 2.45) is 0 Å². The highest BCUT2D eigenvalue weighted by atomic mass is 32.2. The maximum atomic E-state index is 5.68. The summed E-state index contributed by atoms with van der Waals surface area (Å²) in [4.78, 5) is 4.37. The Bertz CT molecular complexity index is 456. The van der Waals surface area contributed by atoms with Crippen LogP contribution in [-0.2, 0) is 6.61 Å². The summed E-state index contributed by atoms with van der Waals surface area (Å²) in [5, 5.41) is 1.06. The third-order valence-corrected chi connectivity index (χ3v) is 3.56. The molecule has 18 heavy (non-hydrogen) atoms. The van der Waals surface area contributed by atoms with E-state index in [9.17, 15) is 0 Å². The second-order valence-corrected chi connectivity index (χ2v) is 5.07. The van der Waals surface area contributed by atoms with Crippen LogP contribution in [-0.4, -0.2) is 10.7 Å². The topological polar surface area (TPSA) is 22.1 Å². The lowest BCUT2D eigenvalue weighted by molar-refractivity contribution is 0.304. The van der Waals surface area contributed by atoms with Crippen LogP contribution in [0.15, 0.2) is 53.7 Å². The molecule has 0 atom stereocenters. The van der Waals surface area contributed by atoms with E-state index in [1.54, 1.807) is 18.0 Å². The average Bonchev–Trinajstić information content (AvgIpc) is 2.45. The Kier molecular flexibility index (Phi) is 5.09. The Morgan fingerprint density at radius 3 is 2.61 bits per heavy atom. The van der Waals surface area contributed by atoms with Crippen molar-refractivity contribution in [2.45, 2.75) is 25.0 Å². The number of pyridine rings is 1. The molecule has 0 amide bonds. The van der Waals surface area contributed by atoms with Crippen molar-refractivity contribution in [3.05, 3.63) is 54.2 Å². The lowest BCUT2D eigenvalue weighted by Gasteiger charge is -2.06. The van der Waals surface area contributed by atoms with E-state index >= 15 is 0 Å². The molecule has 0 N–H and O–H groups in total. The molecule has 0 aliphatic rings. The molecule has 94 valence electrons. The SMILES string of the molecule is CCCSc1ccc(OCc2ccccc2)cn1. The maximum Gasteiger partial charge on any atom is 0.138 e. The van der Waals surface area contributed by atoms with Gasteiger partial charge in [-0.1, -0.05) is 37.3 Å². The van der Waals surface area contributed by atoms with Gasteiger partial charge in [0, 0.05) is 0 Å². The molecule has 0 saturated carbocycles. The van der Waals surface area contributed by atoms with E-state index in [2.05, 4.69) is 24.0 Å². The maximum absolute atomic E-state index is 5.68. The molecule has 0 aliphatic carbocycles. The number of aromatic nitrogens is 1. The zero-order chi connectivity index (χ0) is 12.6. The Morgan fingerprint density at radius 1 is 1.11 bits per heavy atom. The van der Waals surface area contributed by atoms with E-state index < -0.39 is 0 Å². The molecule has 3 heteroatoms. The molecule has 1 aromatic carbocycles. The quantitative estimate of drug-likeness (QED) is 0.727. The van der Waals surface area contributed by atoms with Crippen molar-refractivity contribution in [3.8, 4) is 5.75 Å². The van der Waals surface area contributed by atoms with Gasteiger partial charge in [0.05, 0.1) is 11.2 Å². The largest absolute Gasteiger partial charge is 0.487 e. The molecular weight excluding hydrogens is 242 g/mol. The van der Waals surface area contributed by atoms with Gasteiger partial charge in [0.15, 0.2) is 0 Å². The normalized spacial score (nSPS) is 10.3. The van der Waals surface area contributed by atoms with Gasteiger partial charge in [-0.05, 0) is 29.9 Å². The highest BCUT2D eigenvalue weighted by Crippen LogP contribution is 2.19. The van der Waals surface area contributed by atoms with E-state index in [1.807, 2.05) is 30.3 Å². The van der Waals surface area contributed by atoms with Gasteiger partial charge in [-0.25, -0.2) is 4.98 Å². The smallest absolute Gasteiger partial charge is 0.138 e. The first-order valence-electron chi connectivity index (χ1n) is 6.14. The Morgan fingerprint density at radius 2 is 1.94 bits per heavy atom. The molecule has 0 bridgehead atoms. The summed E-state index contributed by atoms with van der Waals surface area (Å²) >= 11 is 1.78. The van der Waals surface area contributed by atoms with Gasteiger partial charge in [-0.15, -0.1) is 11.8 Å². The fraction of sp³-hybridized carbons (Fsp3) is 0.267. The van der Waals surface area contributed by atoms with Gasteiger partial charge in [0.1, 0.15) is 12.4 Å². The fourth-order valence-corrected chi connectivity index (χ4v) is 2.19. The summed E-state index contributed by atoms with van der Waals surface area (Å²) in [6.07, 6.45) is 2.96. The number of benzene rings is 1. The van der Waals surface area contributed by atoms with Gasteiger partial charge in [-0.3, -0.25) is 0 Å². The highest BCUT2D eigenvalue weighted by Gasteiger charge is 1.98. The molecular formula is C15H17NOS. The van der Waals surface area contributed by atoms with Crippen LogP contribution in [0.2, 0.25) is 0 Å². The number of hydrogen-bond donors (Lipinski definition) is 0. The first-order valence-corrected chi connectivity index (χ1v) is 7.12. The monoisotopic (exact) mass is 259 g/mol. The van der Waals surface area contributed by atoms with Crippen molar-refractivity contribution in [2.75, 3.05) is 5.75 Å². The van der Waals surface area contributed by atoms with Crippen LogP contribution < -0.4 is 4.74 Å². The summed E-state index contributed by atoms with van der Waals surface area (Å²) in [5.74, 6) is 1.93. The van der Waals surface area contributed by atoms with E-state index in [0.29, 0.717) is 6.61 Å². The summed E-state index contributed by atoms with van der Waals surface area (Å²) in [7, 11) is 0. The Labute approximate surface area is 112 Å². The van der Waals surface area contributed by atoms with Crippen LogP contribution in [0.5, 0.6) is 5.75 Å². The summed E-state index contributed by atoms with van der Waals surface area (Å²) in [5.41, 5.74) is 1.17. The van der Waals surface area contributed by atoms with Gasteiger partial charge in [0.2, 0.25) is 0 Å². The van der Waals surface area contributed by atoms with Crippen LogP contribution in [0.4, 0.5) is 0 Å². The second-order valence-electron chi connectivity index (χ2n) is 3.95. The lowest BCUT2D eigenvalue weighted by atomic mass is 10.2. The first kappa shape index (κ1) is 13.0. The number of ether oxygens (including phenoxy) is 1. The molecule has 0 aliphatic heterocycles. The average molecular weight is 259 g/mol. The minimum atomic E-state index is 0.587. The van der Waals surface area contributed by atoms with Crippen molar-refractivity contribution in [1.82, 2.24) is 4.98 Å². The number of thioether (sulfide) groups is 1. The molecule has 2 aromatic rings. The number of nitrogens with zero attached hydrogens (tertiary/aromatic N) is 1. The van der Waals surface area contributed by atoms with Crippen molar-refractivity contribution in [3.63, 3.8) is 0 Å². The van der Waals surface area contributed by atoms with Crippen molar-refractivity contribution >= 4 is 11.8 Å². The number of rotatable bonds is 6. The predicted molar refractivity (Wildman–Crippen MR) is 76.0 cm³/mol. The minimum Gasteiger partial charge on any atom is -0.487 e. The van der Waals surface area contributed by atoms with E-state index in [1.165, 1.54) is 12.0 Å². The zero-order valence-corrected chi connectivity index (χ0v) is 11.3. The molecule has 1 heterocycles. The van der Waals surface area contributed by atoms with Gasteiger partial charge in [0.25, 0.3) is 0 Å². The van der Waals surface area contributed by atoms with Crippen molar-refractivity contribution in [1.29, 1.82) is 0 Å². The van der Waals surface area contributed by atoms with E-state index in [0.717, 1.165) is 16.5 Å². The molecule has 0 unspecified atom stereocenters. The van der Waals surface area contributed by atoms with Gasteiger partial charge >= 0.3 is 0 Å².